The number of rotatable bonds is 5. The van der Waals surface area contributed by atoms with Crippen molar-refractivity contribution in [3.05, 3.63) is 63.6 Å². The van der Waals surface area contributed by atoms with Gasteiger partial charge in [-0.25, -0.2) is 0 Å². The van der Waals surface area contributed by atoms with Crippen molar-refractivity contribution in [3.63, 3.8) is 0 Å². The Hall–Kier alpha value is -1.22. The zero-order chi connectivity index (χ0) is 14.8. The molecule has 21 heavy (non-hydrogen) atoms. The summed E-state index contributed by atoms with van der Waals surface area (Å²) in [5.41, 5.74) is 8.43. The fraction of sp³-hybridized carbons (Fsp3) is 0.294. The second-order valence-corrected chi connectivity index (χ2v) is 6.26. The maximum Gasteiger partial charge on any atom is 0.119 e. The van der Waals surface area contributed by atoms with E-state index in [1.165, 1.54) is 12.8 Å². The van der Waals surface area contributed by atoms with Gasteiger partial charge in [-0.1, -0.05) is 41.4 Å². The summed E-state index contributed by atoms with van der Waals surface area (Å²) in [6.07, 6.45) is 3.47. The highest BCUT2D eigenvalue weighted by Crippen LogP contribution is 2.28. The first-order valence-corrected chi connectivity index (χ1v) is 7.83. The lowest BCUT2D eigenvalue weighted by atomic mass is 10.00. The highest BCUT2D eigenvalue weighted by Gasteiger charge is 2.23. The largest absolute Gasteiger partial charge is 0.490 e. The molecule has 1 atom stereocenters. The van der Waals surface area contributed by atoms with Crippen molar-refractivity contribution in [2.45, 2.75) is 31.4 Å². The molecule has 1 unspecified atom stereocenters. The Morgan fingerprint density at radius 3 is 2.38 bits per heavy atom. The summed E-state index contributed by atoms with van der Waals surface area (Å²) in [6.45, 7) is 0. The molecular weight excluding hydrogens is 305 g/mol. The van der Waals surface area contributed by atoms with Crippen LogP contribution >= 0.6 is 23.2 Å². The Labute approximate surface area is 134 Å². The number of hydrogen-bond acceptors (Lipinski definition) is 2. The van der Waals surface area contributed by atoms with E-state index in [1.54, 1.807) is 6.07 Å². The first-order valence-electron chi connectivity index (χ1n) is 7.08. The van der Waals surface area contributed by atoms with Gasteiger partial charge in [0.2, 0.25) is 0 Å². The third-order valence-corrected chi connectivity index (χ3v) is 4.31. The fourth-order valence-corrected chi connectivity index (χ4v) is 2.53. The van der Waals surface area contributed by atoms with Gasteiger partial charge < -0.3 is 10.5 Å². The predicted octanol–water partition coefficient (Wildman–Crippen LogP) is 4.78. The SMILES string of the molecule is NC(Cc1ccc(Cl)c(Cl)c1)c1ccc(OC2CC2)cc1. The zero-order valence-electron chi connectivity index (χ0n) is 11.6. The van der Waals surface area contributed by atoms with E-state index in [-0.39, 0.29) is 6.04 Å². The van der Waals surface area contributed by atoms with Gasteiger partial charge in [-0.2, -0.15) is 0 Å². The molecule has 0 amide bonds. The van der Waals surface area contributed by atoms with Crippen LogP contribution in [0.4, 0.5) is 0 Å². The molecule has 1 fully saturated rings. The standard InChI is InChI=1S/C17H17Cl2NO/c18-15-8-1-11(9-16(15)19)10-17(20)12-2-4-13(5-3-12)21-14-6-7-14/h1-5,8-9,14,17H,6-7,10,20H2. The third kappa shape index (κ3) is 3.91. The molecule has 0 heterocycles. The lowest BCUT2D eigenvalue weighted by Crippen LogP contribution is -2.13. The summed E-state index contributed by atoms with van der Waals surface area (Å²) in [7, 11) is 0. The first-order chi connectivity index (χ1) is 10.1. The lowest BCUT2D eigenvalue weighted by Gasteiger charge is -2.13. The normalized spacial score (nSPS) is 15.8. The van der Waals surface area contributed by atoms with Gasteiger partial charge in [-0.3, -0.25) is 0 Å². The van der Waals surface area contributed by atoms with E-state index >= 15 is 0 Å². The molecule has 2 N–H and O–H groups in total. The lowest BCUT2D eigenvalue weighted by molar-refractivity contribution is 0.303. The Bertz CT molecular complexity index is 623. The van der Waals surface area contributed by atoms with Crippen molar-refractivity contribution in [2.75, 3.05) is 0 Å². The van der Waals surface area contributed by atoms with Crippen LogP contribution in [-0.2, 0) is 6.42 Å². The molecule has 110 valence electrons. The van der Waals surface area contributed by atoms with Crippen LogP contribution in [0.1, 0.15) is 30.0 Å². The Kier molecular flexibility index (Phi) is 4.39. The smallest absolute Gasteiger partial charge is 0.119 e. The van der Waals surface area contributed by atoms with Gasteiger partial charge in [-0.15, -0.1) is 0 Å². The number of halogens is 2. The summed E-state index contributed by atoms with van der Waals surface area (Å²) in [4.78, 5) is 0. The summed E-state index contributed by atoms with van der Waals surface area (Å²) in [6, 6.07) is 13.6. The maximum atomic E-state index is 6.26. The van der Waals surface area contributed by atoms with Gasteiger partial charge in [-0.05, 0) is 54.7 Å². The minimum atomic E-state index is -0.0720. The van der Waals surface area contributed by atoms with Crippen LogP contribution < -0.4 is 10.5 Å². The molecule has 2 aromatic rings. The van der Waals surface area contributed by atoms with Gasteiger partial charge in [0.05, 0.1) is 16.1 Å². The van der Waals surface area contributed by atoms with Gasteiger partial charge in [0.25, 0.3) is 0 Å². The second kappa shape index (κ2) is 6.27. The quantitative estimate of drug-likeness (QED) is 0.860. The van der Waals surface area contributed by atoms with Crippen molar-refractivity contribution in [1.29, 1.82) is 0 Å². The van der Waals surface area contributed by atoms with Crippen LogP contribution in [0.2, 0.25) is 10.0 Å². The predicted molar refractivity (Wildman–Crippen MR) is 87.2 cm³/mol. The summed E-state index contributed by atoms with van der Waals surface area (Å²) in [5.74, 6) is 0.919. The van der Waals surface area contributed by atoms with Crippen LogP contribution in [0, 0.1) is 0 Å². The molecule has 2 nitrogen and oxygen atoms in total. The maximum absolute atomic E-state index is 6.26. The second-order valence-electron chi connectivity index (χ2n) is 5.45. The minimum absolute atomic E-state index is 0.0720. The first kappa shape index (κ1) is 14.7. The van der Waals surface area contributed by atoms with Gasteiger partial charge in [0, 0.05) is 6.04 Å². The minimum Gasteiger partial charge on any atom is -0.490 e. The van der Waals surface area contributed by atoms with Crippen molar-refractivity contribution >= 4 is 23.2 Å². The fourth-order valence-electron chi connectivity index (χ4n) is 2.21. The molecule has 3 rings (SSSR count). The molecule has 0 saturated heterocycles. The molecule has 0 aliphatic heterocycles. The molecule has 1 aliphatic carbocycles. The number of ether oxygens (including phenoxy) is 1. The van der Waals surface area contributed by atoms with E-state index in [4.69, 9.17) is 33.7 Å². The zero-order valence-corrected chi connectivity index (χ0v) is 13.1. The van der Waals surface area contributed by atoms with E-state index < -0.39 is 0 Å². The Balaban J connectivity index is 1.66. The van der Waals surface area contributed by atoms with E-state index in [0.29, 0.717) is 16.1 Å². The van der Waals surface area contributed by atoms with Crippen molar-refractivity contribution in [3.8, 4) is 5.75 Å². The molecule has 1 aliphatic rings. The van der Waals surface area contributed by atoms with Crippen molar-refractivity contribution < 1.29 is 4.74 Å². The van der Waals surface area contributed by atoms with Crippen LogP contribution in [-0.4, -0.2) is 6.10 Å². The van der Waals surface area contributed by atoms with Crippen molar-refractivity contribution in [1.82, 2.24) is 0 Å². The highest BCUT2D eigenvalue weighted by atomic mass is 35.5. The highest BCUT2D eigenvalue weighted by molar-refractivity contribution is 6.42. The average Bonchev–Trinajstić information content (AvgIpc) is 3.28. The number of benzene rings is 2. The van der Waals surface area contributed by atoms with Crippen LogP contribution in [0.3, 0.4) is 0 Å². The topological polar surface area (TPSA) is 35.2 Å². The van der Waals surface area contributed by atoms with Gasteiger partial charge in [0.15, 0.2) is 0 Å². The molecule has 0 bridgehead atoms. The molecule has 2 aromatic carbocycles. The van der Waals surface area contributed by atoms with E-state index in [9.17, 15) is 0 Å². The number of hydrogen-bond donors (Lipinski definition) is 1. The van der Waals surface area contributed by atoms with Crippen LogP contribution in [0.5, 0.6) is 5.75 Å². The molecule has 0 aromatic heterocycles. The third-order valence-electron chi connectivity index (χ3n) is 3.58. The van der Waals surface area contributed by atoms with E-state index in [2.05, 4.69) is 0 Å². The molecule has 0 radical (unpaired) electrons. The van der Waals surface area contributed by atoms with Gasteiger partial charge >= 0.3 is 0 Å². The summed E-state index contributed by atoms with van der Waals surface area (Å²) < 4.78 is 5.73. The monoisotopic (exact) mass is 321 g/mol. The van der Waals surface area contributed by atoms with Gasteiger partial charge in [0.1, 0.15) is 5.75 Å². The van der Waals surface area contributed by atoms with Crippen LogP contribution in [0.25, 0.3) is 0 Å². The molecule has 0 spiro atoms. The van der Waals surface area contributed by atoms with E-state index in [0.717, 1.165) is 23.3 Å². The molecule has 4 heteroatoms. The van der Waals surface area contributed by atoms with Crippen molar-refractivity contribution in [2.24, 2.45) is 5.73 Å². The summed E-state index contributed by atoms with van der Waals surface area (Å²) in [5, 5.41) is 1.13. The number of nitrogens with two attached hydrogens (primary N) is 1. The molecule has 1 saturated carbocycles. The summed E-state index contributed by atoms with van der Waals surface area (Å²) >= 11 is 12.0. The average molecular weight is 322 g/mol. The Morgan fingerprint density at radius 1 is 1.05 bits per heavy atom. The van der Waals surface area contributed by atoms with E-state index in [1.807, 2.05) is 36.4 Å². The Morgan fingerprint density at radius 2 is 1.76 bits per heavy atom. The van der Waals surface area contributed by atoms with Crippen LogP contribution in [0.15, 0.2) is 42.5 Å². The molecular formula is C17H17Cl2NO.